The van der Waals surface area contributed by atoms with Gasteiger partial charge in [-0.1, -0.05) is 78.8 Å². The molecule has 0 aliphatic heterocycles. The van der Waals surface area contributed by atoms with E-state index in [1.807, 2.05) is 0 Å². The molecule has 0 aromatic heterocycles. The molecule has 0 heterocycles. The lowest BCUT2D eigenvalue weighted by Crippen LogP contribution is -2.40. The van der Waals surface area contributed by atoms with Crippen LogP contribution in [0.25, 0.3) is 0 Å². The Hall–Kier alpha value is -0.866. The van der Waals surface area contributed by atoms with Gasteiger partial charge in [0.15, 0.2) is 0 Å². The van der Waals surface area contributed by atoms with E-state index >= 15 is 0 Å². The minimum absolute atomic E-state index is 1.30. The van der Waals surface area contributed by atoms with E-state index in [1.54, 1.807) is 0 Å². The highest BCUT2D eigenvalue weighted by Crippen LogP contribution is 2.10. The molecule has 0 atom stereocenters. The van der Waals surface area contributed by atoms with Gasteiger partial charge in [-0.15, -0.1) is 6.58 Å². The lowest BCUT2D eigenvalue weighted by Gasteiger charge is -2.20. The maximum absolute atomic E-state index is 3.93. The zero-order valence-electron chi connectivity index (χ0n) is 10.8. The molecule has 1 aromatic rings. The van der Waals surface area contributed by atoms with Crippen LogP contribution in [0.4, 0.5) is 0 Å². The summed E-state index contributed by atoms with van der Waals surface area (Å²) in [6, 6.07) is 10.8. The van der Waals surface area contributed by atoms with Crippen LogP contribution >= 0.6 is 0 Å². The molecule has 0 amide bonds. The Labute approximate surface area is 102 Å². The third kappa shape index (κ3) is 3.61. The average Bonchev–Trinajstić information content (AvgIpc) is 2.28. The molecule has 2 heteroatoms. The SMILES string of the molecule is C=C[Si](C)(C)/C=C/[Si](C)(C)c1ccccc1. The van der Waals surface area contributed by atoms with Crippen molar-refractivity contribution in [2.24, 2.45) is 0 Å². The molecule has 0 saturated heterocycles. The van der Waals surface area contributed by atoms with Gasteiger partial charge in [0.05, 0.1) is 8.07 Å². The lowest BCUT2D eigenvalue weighted by atomic mass is 10.4. The van der Waals surface area contributed by atoms with Gasteiger partial charge in [0, 0.05) is 0 Å². The minimum atomic E-state index is -1.40. The number of benzene rings is 1. The first-order valence-corrected chi connectivity index (χ1v) is 12.0. The Kier molecular flexibility index (Phi) is 4.11. The summed E-state index contributed by atoms with van der Waals surface area (Å²) in [5, 5.41) is 1.50. The molecule has 1 aromatic carbocycles. The van der Waals surface area contributed by atoms with Crippen LogP contribution in [0.5, 0.6) is 0 Å². The van der Waals surface area contributed by atoms with Crippen molar-refractivity contribution in [1.82, 2.24) is 0 Å². The molecule has 0 bridgehead atoms. The van der Waals surface area contributed by atoms with Crippen LogP contribution < -0.4 is 5.19 Å². The van der Waals surface area contributed by atoms with E-state index in [0.717, 1.165) is 0 Å². The third-order valence-electron chi connectivity index (χ3n) is 2.97. The standard InChI is InChI=1S/C14H22Si2/c1-6-15(2,3)12-13-16(4,5)14-10-8-7-9-11-14/h6-13H,1H2,2-5H3/b13-12+. The summed E-state index contributed by atoms with van der Waals surface area (Å²) in [6.07, 6.45) is 0. The van der Waals surface area contributed by atoms with Crippen molar-refractivity contribution in [3.8, 4) is 0 Å². The second-order valence-corrected chi connectivity index (χ2v) is 14.2. The monoisotopic (exact) mass is 246 g/mol. The van der Waals surface area contributed by atoms with E-state index in [4.69, 9.17) is 0 Å². The lowest BCUT2D eigenvalue weighted by molar-refractivity contribution is 1.70. The van der Waals surface area contributed by atoms with Gasteiger partial charge in [-0.3, -0.25) is 0 Å². The Balaban J connectivity index is 2.92. The fourth-order valence-corrected chi connectivity index (χ4v) is 6.22. The fraction of sp³-hybridized carbons (Fsp3) is 0.286. The second kappa shape index (κ2) is 4.98. The molecular formula is C14H22Si2. The fourth-order valence-electron chi connectivity index (χ4n) is 1.46. The number of hydrogen-bond acceptors (Lipinski definition) is 0. The van der Waals surface area contributed by atoms with Gasteiger partial charge < -0.3 is 0 Å². The normalized spacial score (nSPS) is 13.0. The summed E-state index contributed by atoms with van der Waals surface area (Å²) in [7, 11) is -2.70. The van der Waals surface area contributed by atoms with Crippen molar-refractivity contribution in [3.05, 3.63) is 54.0 Å². The molecule has 0 aliphatic rings. The van der Waals surface area contributed by atoms with Crippen LogP contribution in [-0.4, -0.2) is 16.1 Å². The van der Waals surface area contributed by atoms with Gasteiger partial charge in [-0.25, -0.2) is 0 Å². The van der Waals surface area contributed by atoms with E-state index < -0.39 is 16.1 Å². The molecule has 0 radical (unpaired) electrons. The average molecular weight is 247 g/mol. The van der Waals surface area contributed by atoms with Gasteiger partial charge in [0.1, 0.15) is 8.07 Å². The molecule has 0 nitrogen and oxygen atoms in total. The van der Waals surface area contributed by atoms with Crippen molar-refractivity contribution in [2.45, 2.75) is 26.2 Å². The molecule has 1 rings (SSSR count). The zero-order chi connectivity index (χ0) is 12.2. The van der Waals surface area contributed by atoms with E-state index in [0.29, 0.717) is 0 Å². The predicted octanol–water partition coefficient (Wildman–Crippen LogP) is 3.67. The molecule has 0 fully saturated rings. The first kappa shape index (κ1) is 13.2. The van der Waals surface area contributed by atoms with Gasteiger partial charge in [-0.05, 0) is 0 Å². The van der Waals surface area contributed by atoms with Gasteiger partial charge >= 0.3 is 0 Å². The van der Waals surface area contributed by atoms with Crippen molar-refractivity contribution in [3.63, 3.8) is 0 Å². The summed E-state index contributed by atoms with van der Waals surface area (Å²) in [5.41, 5.74) is 7.04. The first-order valence-electron chi connectivity index (χ1n) is 5.77. The maximum Gasteiger partial charge on any atom is 0.103 e. The molecule has 0 unspecified atom stereocenters. The van der Waals surface area contributed by atoms with E-state index in [-0.39, 0.29) is 0 Å². The van der Waals surface area contributed by atoms with Crippen molar-refractivity contribution in [1.29, 1.82) is 0 Å². The quantitative estimate of drug-likeness (QED) is 0.711. The Bertz CT molecular complexity index is 375. The molecule has 0 saturated carbocycles. The maximum atomic E-state index is 3.93. The number of hydrogen-bond donors (Lipinski definition) is 0. The highest BCUT2D eigenvalue weighted by Gasteiger charge is 2.21. The largest absolute Gasteiger partial charge is 0.107 e. The molecule has 0 N–H and O–H groups in total. The van der Waals surface area contributed by atoms with Crippen molar-refractivity contribution in [2.75, 3.05) is 0 Å². The van der Waals surface area contributed by atoms with E-state index in [9.17, 15) is 0 Å². The number of rotatable bonds is 4. The molecule has 0 spiro atoms. The van der Waals surface area contributed by atoms with E-state index in [1.165, 1.54) is 5.19 Å². The van der Waals surface area contributed by atoms with Crippen molar-refractivity contribution < 1.29 is 0 Å². The molecule has 86 valence electrons. The smallest absolute Gasteiger partial charge is 0.103 e. The van der Waals surface area contributed by atoms with Crippen LogP contribution in [0.3, 0.4) is 0 Å². The third-order valence-corrected chi connectivity index (χ3v) is 8.21. The zero-order valence-corrected chi connectivity index (χ0v) is 12.8. The van der Waals surface area contributed by atoms with Crippen LogP contribution in [0.15, 0.2) is 54.0 Å². The van der Waals surface area contributed by atoms with Crippen LogP contribution in [0.2, 0.25) is 26.2 Å². The highest BCUT2D eigenvalue weighted by molar-refractivity contribution is 6.96. The van der Waals surface area contributed by atoms with Gasteiger partial charge in [0.25, 0.3) is 0 Å². The summed E-state index contributed by atoms with van der Waals surface area (Å²) < 4.78 is 0. The predicted molar refractivity (Wildman–Crippen MR) is 80.4 cm³/mol. The Morgan fingerprint density at radius 3 is 2.00 bits per heavy atom. The molecule has 16 heavy (non-hydrogen) atoms. The van der Waals surface area contributed by atoms with Gasteiger partial charge in [0.2, 0.25) is 0 Å². The van der Waals surface area contributed by atoms with Crippen LogP contribution in [-0.2, 0) is 0 Å². The van der Waals surface area contributed by atoms with Crippen molar-refractivity contribution >= 4 is 21.3 Å². The second-order valence-electron chi connectivity index (χ2n) is 5.45. The summed E-state index contributed by atoms with van der Waals surface area (Å²) in [5.74, 6) is 0. The highest BCUT2D eigenvalue weighted by atomic mass is 28.3. The summed E-state index contributed by atoms with van der Waals surface area (Å²) in [6.45, 7) is 13.4. The minimum Gasteiger partial charge on any atom is -0.107 e. The summed E-state index contributed by atoms with van der Waals surface area (Å²) in [4.78, 5) is 0. The van der Waals surface area contributed by atoms with E-state index in [2.05, 4.69) is 80.2 Å². The first-order chi connectivity index (χ1) is 7.37. The van der Waals surface area contributed by atoms with Crippen LogP contribution in [0.1, 0.15) is 0 Å². The Morgan fingerprint density at radius 1 is 0.938 bits per heavy atom. The van der Waals surface area contributed by atoms with Gasteiger partial charge in [-0.2, -0.15) is 0 Å². The Morgan fingerprint density at radius 2 is 1.50 bits per heavy atom. The van der Waals surface area contributed by atoms with Crippen LogP contribution in [0, 0.1) is 0 Å². The topological polar surface area (TPSA) is 0 Å². The summed E-state index contributed by atoms with van der Waals surface area (Å²) >= 11 is 0. The molecular weight excluding hydrogens is 224 g/mol. The molecule has 0 aliphatic carbocycles.